The lowest BCUT2D eigenvalue weighted by Gasteiger charge is -2.14. The van der Waals surface area contributed by atoms with Gasteiger partial charge in [-0.05, 0) is 54.3 Å². The maximum atomic E-state index is 13.4. The van der Waals surface area contributed by atoms with Crippen molar-refractivity contribution in [2.24, 2.45) is 5.92 Å². The molecule has 0 spiro atoms. The average Bonchev–Trinajstić information content (AvgIpc) is 3.58. The molecule has 0 radical (unpaired) electrons. The molecule has 36 heavy (non-hydrogen) atoms. The second kappa shape index (κ2) is 9.49. The molecule has 1 amide bonds. The number of nitrogens with zero attached hydrogens (tertiary/aromatic N) is 2. The van der Waals surface area contributed by atoms with Gasteiger partial charge in [0.2, 0.25) is 5.43 Å². The van der Waals surface area contributed by atoms with Crippen LogP contribution >= 0.6 is 0 Å². The van der Waals surface area contributed by atoms with E-state index in [9.17, 15) is 18.8 Å². The third kappa shape index (κ3) is 4.69. The van der Waals surface area contributed by atoms with Crippen molar-refractivity contribution >= 4 is 22.7 Å². The highest BCUT2D eigenvalue weighted by atomic mass is 19.1. The van der Waals surface area contributed by atoms with E-state index in [1.165, 1.54) is 6.20 Å². The fourth-order valence-corrected chi connectivity index (χ4v) is 4.24. The van der Waals surface area contributed by atoms with Gasteiger partial charge in [-0.2, -0.15) is 0 Å². The highest BCUT2D eigenvalue weighted by Gasteiger charge is 2.39. The van der Waals surface area contributed by atoms with Gasteiger partial charge in [0.25, 0.3) is 5.91 Å². The molecule has 2 aromatic heterocycles. The lowest BCUT2D eigenvalue weighted by atomic mass is 9.96. The molecule has 1 aliphatic rings. The normalized spacial score (nSPS) is 17.5. The summed E-state index contributed by atoms with van der Waals surface area (Å²) in [7, 11) is 0. The van der Waals surface area contributed by atoms with Gasteiger partial charge in [0.15, 0.2) is 0 Å². The third-order valence-electron chi connectivity index (χ3n) is 6.68. The lowest BCUT2D eigenvalue weighted by Crippen LogP contribution is -2.32. The minimum absolute atomic E-state index is 0.0255. The molecule has 1 aliphatic carbocycles. The molecule has 0 bridgehead atoms. The second-order valence-corrected chi connectivity index (χ2v) is 9.41. The molecule has 0 aliphatic heterocycles. The summed E-state index contributed by atoms with van der Waals surface area (Å²) in [6, 6.07) is 18.6. The lowest BCUT2D eigenvalue weighted by molar-refractivity contribution is -0.120. The van der Waals surface area contributed by atoms with E-state index >= 15 is 0 Å². The maximum absolute atomic E-state index is 13.4. The molecule has 1 fully saturated rings. The molecule has 1 N–H and O–H groups in total. The van der Waals surface area contributed by atoms with Gasteiger partial charge in [0, 0.05) is 30.4 Å². The smallest absolute Gasteiger partial charge is 0.257 e. The number of Topliss-reactive ketones (excluding diaryl/α,β-unsaturated/α-hetero) is 1. The Morgan fingerprint density at radius 2 is 1.86 bits per heavy atom. The van der Waals surface area contributed by atoms with Gasteiger partial charge >= 0.3 is 0 Å². The Kier molecular flexibility index (Phi) is 6.22. The van der Waals surface area contributed by atoms with Crippen molar-refractivity contribution in [3.05, 3.63) is 94.4 Å². The molecule has 3 unspecified atom stereocenters. The fourth-order valence-electron chi connectivity index (χ4n) is 4.24. The van der Waals surface area contributed by atoms with E-state index in [-0.39, 0.29) is 23.7 Å². The number of halogens is 1. The minimum Gasteiger partial charge on any atom is -0.346 e. The topological polar surface area (TPSA) is 81.1 Å². The third-order valence-corrected chi connectivity index (χ3v) is 6.68. The molecular weight excluding hydrogens is 457 g/mol. The minimum atomic E-state index is -1.06. The van der Waals surface area contributed by atoms with Crippen LogP contribution in [-0.4, -0.2) is 33.5 Å². The number of nitrogens with one attached hydrogen (secondary N) is 1. The van der Waals surface area contributed by atoms with Gasteiger partial charge in [0.05, 0.1) is 11.4 Å². The van der Waals surface area contributed by atoms with Crippen LogP contribution in [-0.2, 0) is 11.2 Å². The summed E-state index contributed by atoms with van der Waals surface area (Å²) in [5, 5.41) is 2.91. The van der Waals surface area contributed by atoms with E-state index in [0.717, 1.165) is 22.4 Å². The molecule has 3 atom stereocenters. The molecule has 182 valence electrons. The monoisotopic (exact) mass is 483 g/mol. The van der Waals surface area contributed by atoms with E-state index in [4.69, 9.17) is 0 Å². The van der Waals surface area contributed by atoms with E-state index in [1.807, 2.05) is 55.5 Å². The number of carbonyl (C=O) groups excluding carboxylic acids is 2. The molecule has 2 heterocycles. The summed E-state index contributed by atoms with van der Waals surface area (Å²) in [4.78, 5) is 41.8. The van der Waals surface area contributed by atoms with Gasteiger partial charge in [-0.1, -0.05) is 43.3 Å². The first kappa shape index (κ1) is 23.6. The number of aromatic nitrogens is 2. The summed E-state index contributed by atoms with van der Waals surface area (Å²) >= 11 is 0. The predicted molar refractivity (Wildman–Crippen MR) is 137 cm³/mol. The zero-order valence-corrected chi connectivity index (χ0v) is 20.1. The highest BCUT2D eigenvalue weighted by molar-refractivity contribution is 5.97. The number of hydrogen-bond donors (Lipinski definition) is 1. The van der Waals surface area contributed by atoms with Crippen molar-refractivity contribution in [3.8, 4) is 16.8 Å². The van der Waals surface area contributed by atoms with Crippen LogP contribution in [0.15, 0.2) is 77.9 Å². The number of amides is 1. The van der Waals surface area contributed by atoms with E-state index in [2.05, 4.69) is 10.3 Å². The van der Waals surface area contributed by atoms with Crippen LogP contribution in [0.5, 0.6) is 0 Å². The number of benzene rings is 2. The SMILES string of the molecule is CC(=O)C(C)Cc1ccc(-c2cccc(-n3cc(C(=O)NC4CC4F)c(=O)c4cccnc43)c2)cc1. The number of alkyl halides is 1. The number of hydrogen-bond acceptors (Lipinski definition) is 4. The summed E-state index contributed by atoms with van der Waals surface area (Å²) in [6.45, 7) is 3.54. The average molecular weight is 484 g/mol. The van der Waals surface area contributed by atoms with Gasteiger partial charge in [0.1, 0.15) is 23.2 Å². The summed E-state index contributed by atoms with van der Waals surface area (Å²) in [6.07, 6.45) is 2.98. The van der Waals surface area contributed by atoms with Crippen molar-refractivity contribution in [1.29, 1.82) is 0 Å². The first-order valence-electron chi connectivity index (χ1n) is 12.0. The van der Waals surface area contributed by atoms with Crippen molar-refractivity contribution in [1.82, 2.24) is 14.9 Å². The van der Waals surface area contributed by atoms with Crippen LogP contribution in [0.2, 0.25) is 0 Å². The molecule has 5 rings (SSSR count). The Morgan fingerprint density at radius 3 is 2.56 bits per heavy atom. The van der Waals surface area contributed by atoms with Crippen LogP contribution in [0.3, 0.4) is 0 Å². The van der Waals surface area contributed by atoms with Crippen molar-refractivity contribution in [3.63, 3.8) is 0 Å². The van der Waals surface area contributed by atoms with Crippen LogP contribution in [0.1, 0.15) is 36.2 Å². The van der Waals surface area contributed by atoms with Gasteiger partial charge in [-0.25, -0.2) is 9.37 Å². The number of carbonyl (C=O) groups is 2. The Labute approximate surface area is 207 Å². The molecule has 6 nitrogen and oxygen atoms in total. The largest absolute Gasteiger partial charge is 0.346 e. The van der Waals surface area contributed by atoms with E-state index in [0.29, 0.717) is 17.5 Å². The van der Waals surface area contributed by atoms with Crippen molar-refractivity contribution < 1.29 is 14.0 Å². The quantitative estimate of drug-likeness (QED) is 0.415. The summed E-state index contributed by atoms with van der Waals surface area (Å²) in [5.41, 5.74) is 3.71. The highest BCUT2D eigenvalue weighted by Crippen LogP contribution is 2.27. The zero-order chi connectivity index (χ0) is 25.4. The fraction of sp³-hybridized carbons (Fsp3) is 0.241. The van der Waals surface area contributed by atoms with E-state index < -0.39 is 23.5 Å². The molecule has 0 saturated heterocycles. The number of fused-ring (bicyclic) bond motifs is 1. The molecule has 7 heteroatoms. The van der Waals surface area contributed by atoms with Crippen LogP contribution in [0.25, 0.3) is 27.8 Å². The Bertz CT molecular complexity index is 1530. The van der Waals surface area contributed by atoms with Gasteiger partial charge in [-0.15, -0.1) is 0 Å². The van der Waals surface area contributed by atoms with Crippen LogP contribution < -0.4 is 10.7 Å². The number of ketones is 1. The Morgan fingerprint density at radius 1 is 1.11 bits per heavy atom. The predicted octanol–water partition coefficient (Wildman–Crippen LogP) is 4.66. The van der Waals surface area contributed by atoms with Crippen molar-refractivity contribution in [2.45, 2.75) is 38.9 Å². The molecular formula is C29H26FN3O3. The molecule has 1 saturated carbocycles. The number of rotatable bonds is 7. The Balaban J connectivity index is 1.52. The number of pyridine rings is 2. The summed E-state index contributed by atoms with van der Waals surface area (Å²) < 4.78 is 15.1. The zero-order valence-electron chi connectivity index (χ0n) is 20.1. The molecule has 4 aromatic rings. The summed E-state index contributed by atoms with van der Waals surface area (Å²) in [5.74, 6) is -0.443. The van der Waals surface area contributed by atoms with Gasteiger partial charge in [-0.3, -0.25) is 14.4 Å². The standard InChI is InChI=1S/C29H26FN3O3/c1-17(18(2)34)13-19-8-10-20(11-9-19)21-5-3-6-22(14-21)33-16-24(29(36)32-26-15-25(26)30)27(35)23-7-4-12-31-28(23)33/h3-12,14,16-17,25-26H,13,15H2,1-2H3,(H,32,36). The maximum Gasteiger partial charge on any atom is 0.257 e. The molecule has 2 aromatic carbocycles. The second-order valence-electron chi connectivity index (χ2n) is 9.41. The van der Waals surface area contributed by atoms with Crippen LogP contribution in [0.4, 0.5) is 4.39 Å². The Hall–Kier alpha value is -4.13. The van der Waals surface area contributed by atoms with E-state index in [1.54, 1.807) is 29.8 Å². The first-order chi connectivity index (χ1) is 17.3. The van der Waals surface area contributed by atoms with Crippen LogP contribution in [0, 0.1) is 5.92 Å². The van der Waals surface area contributed by atoms with Gasteiger partial charge < -0.3 is 9.88 Å². The van der Waals surface area contributed by atoms with Crippen molar-refractivity contribution in [2.75, 3.05) is 0 Å². The first-order valence-corrected chi connectivity index (χ1v) is 12.0.